The molecule has 0 aromatic heterocycles. The van der Waals surface area contributed by atoms with Gasteiger partial charge in [0.1, 0.15) is 0 Å². The minimum Gasteiger partial charge on any atom is -0.374 e. The van der Waals surface area contributed by atoms with Gasteiger partial charge in [0.05, 0.1) is 12.1 Å². The van der Waals surface area contributed by atoms with Gasteiger partial charge in [-0.05, 0) is 50.5 Å². The minimum absolute atomic E-state index is 0.151. The average molecular weight is 476 g/mol. The van der Waals surface area contributed by atoms with Gasteiger partial charge in [-0.1, -0.05) is 60.7 Å². The summed E-state index contributed by atoms with van der Waals surface area (Å²) in [4.78, 5) is 0. The number of thiocarbonyl (C=S) groups is 1. The molecule has 0 aliphatic rings. The van der Waals surface area contributed by atoms with E-state index in [2.05, 4.69) is 22.8 Å². The van der Waals surface area contributed by atoms with Crippen molar-refractivity contribution in [2.75, 3.05) is 26.4 Å². The van der Waals surface area contributed by atoms with Gasteiger partial charge < -0.3 is 29.6 Å². The fourth-order valence-corrected chi connectivity index (χ4v) is 6.45. The summed E-state index contributed by atoms with van der Waals surface area (Å²) in [5.41, 5.74) is 8.78. The second kappa shape index (κ2) is 14.4. The van der Waals surface area contributed by atoms with Crippen molar-refractivity contribution in [1.82, 2.24) is 10.6 Å². The number of rotatable bonds is 14. The minimum atomic E-state index is -2.64. The van der Waals surface area contributed by atoms with Gasteiger partial charge in [-0.15, -0.1) is 0 Å². The maximum Gasteiger partial charge on any atom is 0.500 e. The molecule has 0 bridgehead atoms. The van der Waals surface area contributed by atoms with Gasteiger partial charge in [0, 0.05) is 32.4 Å². The molecule has 0 saturated carbocycles. The zero-order chi connectivity index (χ0) is 23.2. The molecule has 8 heteroatoms. The first-order valence-corrected chi connectivity index (χ1v) is 13.7. The van der Waals surface area contributed by atoms with E-state index in [-0.39, 0.29) is 12.1 Å². The monoisotopic (exact) mass is 475 g/mol. The molecule has 2 aromatic rings. The molecule has 6 nitrogen and oxygen atoms in total. The predicted molar refractivity (Wildman–Crippen MR) is 136 cm³/mol. The molecular formula is C24H37N3O3SSi. The molecule has 0 spiro atoms. The topological polar surface area (TPSA) is 77.8 Å². The Kier molecular flexibility index (Phi) is 11.9. The molecular weight excluding hydrogens is 438 g/mol. The van der Waals surface area contributed by atoms with Gasteiger partial charge in [0.15, 0.2) is 5.11 Å². The highest BCUT2D eigenvalue weighted by molar-refractivity contribution is 7.80. The van der Waals surface area contributed by atoms with E-state index >= 15 is 0 Å². The van der Waals surface area contributed by atoms with Crippen molar-refractivity contribution in [1.29, 1.82) is 0 Å². The first-order chi connectivity index (χ1) is 15.5. The third kappa shape index (κ3) is 8.27. The van der Waals surface area contributed by atoms with Gasteiger partial charge in [0.2, 0.25) is 0 Å². The van der Waals surface area contributed by atoms with Crippen LogP contribution in [-0.4, -0.2) is 40.3 Å². The van der Waals surface area contributed by atoms with Crippen molar-refractivity contribution in [2.24, 2.45) is 5.73 Å². The van der Waals surface area contributed by atoms with E-state index in [1.54, 1.807) is 0 Å². The average Bonchev–Trinajstić information content (AvgIpc) is 2.81. The Morgan fingerprint density at radius 2 is 1.38 bits per heavy atom. The van der Waals surface area contributed by atoms with E-state index < -0.39 is 8.80 Å². The lowest BCUT2D eigenvalue weighted by molar-refractivity contribution is 0.0709. The maximum absolute atomic E-state index is 6.64. The van der Waals surface area contributed by atoms with Gasteiger partial charge in [0.25, 0.3) is 0 Å². The fraction of sp³-hybridized carbons (Fsp3) is 0.458. The first-order valence-electron chi connectivity index (χ1n) is 11.4. The number of nitrogens with one attached hydrogen (secondary N) is 2. The van der Waals surface area contributed by atoms with Crippen molar-refractivity contribution in [3.05, 3.63) is 71.8 Å². The summed E-state index contributed by atoms with van der Waals surface area (Å²) in [6, 6.07) is 20.6. The first kappa shape index (κ1) is 26.4. The normalized spacial score (nSPS) is 13.4. The lowest BCUT2D eigenvalue weighted by Gasteiger charge is -2.29. The van der Waals surface area contributed by atoms with E-state index in [0.29, 0.717) is 31.5 Å². The van der Waals surface area contributed by atoms with Crippen LogP contribution in [0.15, 0.2) is 60.7 Å². The molecule has 2 rings (SSSR count). The number of benzene rings is 2. The molecule has 0 unspecified atom stereocenters. The Hall–Kier alpha value is -1.81. The van der Waals surface area contributed by atoms with E-state index in [1.807, 2.05) is 69.3 Å². The Morgan fingerprint density at radius 3 is 1.88 bits per heavy atom. The van der Waals surface area contributed by atoms with Crippen LogP contribution in [0, 0.1) is 0 Å². The lowest BCUT2D eigenvalue weighted by atomic mass is 9.94. The zero-order valence-corrected chi connectivity index (χ0v) is 21.2. The van der Waals surface area contributed by atoms with E-state index in [0.717, 1.165) is 23.6 Å². The molecule has 0 heterocycles. The van der Waals surface area contributed by atoms with Crippen LogP contribution in [0.25, 0.3) is 0 Å². The highest BCUT2D eigenvalue weighted by Gasteiger charge is 2.39. The molecule has 0 aliphatic carbocycles. The molecule has 4 N–H and O–H groups in total. The van der Waals surface area contributed by atoms with Crippen LogP contribution in [0.5, 0.6) is 0 Å². The zero-order valence-electron chi connectivity index (χ0n) is 19.4. The van der Waals surface area contributed by atoms with Crippen molar-refractivity contribution in [3.8, 4) is 0 Å². The van der Waals surface area contributed by atoms with Gasteiger partial charge >= 0.3 is 8.80 Å². The molecule has 2 aromatic carbocycles. The third-order valence-electron chi connectivity index (χ3n) is 5.03. The summed E-state index contributed by atoms with van der Waals surface area (Å²) in [5, 5.41) is 7.30. The maximum atomic E-state index is 6.64. The summed E-state index contributed by atoms with van der Waals surface area (Å²) < 4.78 is 17.8. The molecule has 0 amide bonds. The predicted octanol–water partition coefficient (Wildman–Crippen LogP) is 4.33. The quantitative estimate of drug-likeness (QED) is 0.213. The highest BCUT2D eigenvalue weighted by Crippen LogP contribution is 2.26. The molecule has 0 saturated heterocycles. The summed E-state index contributed by atoms with van der Waals surface area (Å²) in [5.74, 6) is 0. The fourth-order valence-electron chi connectivity index (χ4n) is 3.61. The number of hydrogen-bond acceptors (Lipinski definition) is 5. The third-order valence-corrected chi connectivity index (χ3v) is 8.44. The standard InChI is InChI=1S/C24H37N3O3SSi/c1-4-28-32(29-5-2,30-6-3)19-13-18-26-24(31)27-23(21-16-11-8-12-17-21)22(25)20-14-9-7-10-15-20/h7-12,14-17,22-23H,4-6,13,18-19,25H2,1-3H3,(H2,26,27,31)/t22-,23-/m0/s1. The van der Waals surface area contributed by atoms with E-state index in [9.17, 15) is 0 Å². The van der Waals surface area contributed by atoms with E-state index in [4.69, 9.17) is 31.2 Å². The SMILES string of the molecule is CCO[Si](CCCNC(=S)N[C@@H](c1ccccc1)[C@@H](N)c1ccccc1)(OCC)OCC. The van der Waals surface area contributed by atoms with Crippen LogP contribution in [0.1, 0.15) is 50.4 Å². The van der Waals surface area contributed by atoms with Crippen molar-refractivity contribution in [3.63, 3.8) is 0 Å². The van der Waals surface area contributed by atoms with Crippen LogP contribution in [0.3, 0.4) is 0 Å². The summed E-state index contributed by atoms with van der Waals surface area (Å²) in [7, 11) is -2.64. The second-order valence-electron chi connectivity index (χ2n) is 7.31. The van der Waals surface area contributed by atoms with Crippen LogP contribution >= 0.6 is 12.2 Å². The van der Waals surface area contributed by atoms with Gasteiger partial charge in [-0.3, -0.25) is 0 Å². The highest BCUT2D eigenvalue weighted by atomic mass is 32.1. The van der Waals surface area contributed by atoms with Crippen molar-refractivity contribution < 1.29 is 13.3 Å². The Bertz CT molecular complexity index is 766. The summed E-state index contributed by atoms with van der Waals surface area (Å²) >= 11 is 5.60. The van der Waals surface area contributed by atoms with Crippen LogP contribution < -0.4 is 16.4 Å². The van der Waals surface area contributed by atoms with Crippen LogP contribution in [-0.2, 0) is 13.3 Å². The molecule has 0 radical (unpaired) electrons. The number of nitrogens with two attached hydrogens (primary N) is 1. The largest absolute Gasteiger partial charge is 0.500 e. The Balaban J connectivity index is 1.97. The Morgan fingerprint density at radius 1 is 0.875 bits per heavy atom. The summed E-state index contributed by atoms with van der Waals surface area (Å²) in [6.45, 7) is 8.33. The van der Waals surface area contributed by atoms with Crippen LogP contribution in [0.4, 0.5) is 0 Å². The molecule has 2 atom stereocenters. The van der Waals surface area contributed by atoms with Crippen molar-refractivity contribution in [2.45, 2.75) is 45.3 Å². The molecule has 176 valence electrons. The number of hydrogen-bond donors (Lipinski definition) is 3. The summed E-state index contributed by atoms with van der Waals surface area (Å²) in [6.07, 6.45) is 0.828. The van der Waals surface area contributed by atoms with Gasteiger partial charge in [-0.25, -0.2) is 0 Å². The lowest BCUT2D eigenvalue weighted by Crippen LogP contribution is -2.47. The Labute approximate surface area is 199 Å². The van der Waals surface area contributed by atoms with Crippen molar-refractivity contribution >= 4 is 26.1 Å². The van der Waals surface area contributed by atoms with E-state index in [1.165, 1.54) is 0 Å². The molecule has 32 heavy (non-hydrogen) atoms. The smallest absolute Gasteiger partial charge is 0.374 e. The molecule has 0 fully saturated rings. The van der Waals surface area contributed by atoms with Crippen LogP contribution in [0.2, 0.25) is 6.04 Å². The van der Waals surface area contributed by atoms with Gasteiger partial charge in [-0.2, -0.15) is 0 Å². The second-order valence-corrected chi connectivity index (χ2v) is 10.5. The molecule has 0 aliphatic heterocycles.